The maximum absolute atomic E-state index is 11.5. The van der Waals surface area contributed by atoms with E-state index in [1.807, 2.05) is 60.0 Å². The van der Waals surface area contributed by atoms with Gasteiger partial charge in [0.25, 0.3) is 0 Å². The van der Waals surface area contributed by atoms with Gasteiger partial charge in [-0.25, -0.2) is 4.79 Å². The van der Waals surface area contributed by atoms with Gasteiger partial charge in [0.2, 0.25) is 0 Å². The normalized spacial score (nSPS) is 12.9. The zero-order chi connectivity index (χ0) is 13.4. The molecular weight excluding hydrogens is 238 g/mol. The SMILES string of the molecule is CCC(C(=O)O)n1c2ccccc2c2ccccc21. The molecule has 1 unspecified atom stereocenters. The molecular formula is C16H15NO2. The molecule has 1 atom stereocenters. The minimum Gasteiger partial charge on any atom is -0.480 e. The molecule has 0 bridgehead atoms. The van der Waals surface area contributed by atoms with E-state index in [2.05, 4.69) is 0 Å². The minimum absolute atomic E-state index is 0.523. The lowest BCUT2D eigenvalue weighted by molar-refractivity contribution is -0.140. The first-order chi connectivity index (χ1) is 9.24. The third-order valence-electron chi connectivity index (χ3n) is 3.60. The molecule has 0 aliphatic carbocycles. The smallest absolute Gasteiger partial charge is 0.326 e. The highest BCUT2D eigenvalue weighted by Gasteiger charge is 2.21. The summed E-state index contributed by atoms with van der Waals surface area (Å²) < 4.78 is 1.94. The molecule has 0 saturated heterocycles. The van der Waals surface area contributed by atoms with E-state index in [1.165, 1.54) is 0 Å². The second-order valence-corrected chi connectivity index (χ2v) is 4.67. The summed E-state index contributed by atoms with van der Waals surface area (Å²) in [4.78, 5) is 11.5. The van der Waals surface area contributed by atoms with Crippen LogP contribution in [0.1, 0.15) is 19.4 Å². The van der Waals surface area contributed by atoms with E-state index in [9.17, 15) is 9.90 Å². The topological polar surface area (TPSA) is 42.2 Å². The number of carboxylic acids is 1. The van der Waals surface area contributed by atoms with E-state index in [-0.39, 0.29) is 0 Å². The monoisotopic (exact) mass is 253 g/mol. The highest BCUT2D eigenvalue weighted by atomic mass is 16.4. The molecule has 3 heteroatoms. The molecule has 19 heavy (non-hydrogen) atoms. The lowest BCUT2D eigenvalue weighted by Crippen LogP contribution is -2.17. The van der Waals surface area contributed by atoms with Gasteiger partial charge >= 0.3 is 5.97 Å². The van der Waals surface area contributed by atoms with Gasteiger partial charge in [0.15, 0.2) is 0 Å². The number of aromatic nitrogens is 1. The van der Waals surface area contributed by atoms with E-state index in [0.717, 1.165) is 21.8 Å². The van der Waals surface area contributed by atoms with Crippen LogP contribution in [0, 0.1) is 0 Å². The number of carbonyl (C=O) groups is 1. The van der Waals surface area contributed by atoms with Gasteiger partial charge in [-0.1, -0.05) is 43.3 Å². The van der Waals surface area contributed by atoms with Crippen molar-refractivity contribution in [1.82, 2.24) is 4.57 Å². The van der Waals surface area contributed by atoms with Crippen LogP contribution in [0.15, 0.2) is 48.5 Å². The van der Waals surface area contributed by atoms with Gasteiger partial charge in [0.05, 0.1) is 0 Å². The molecule has 0 spiro atoms. The molecule has 3 rings (SSSR count). The molecule has 2 aromatic carbocycles. The molecule has 3 aromatic rings. The molecule has 96 valence electrons. The molecule has 3 nitrogen and oxygen atoms in total. The zero-order valence-electron chi connectivity index (χ0n) is 10.7. The summed E-state index contributed by atoms with van der Waals surface area (Å²) in [5.74, 6) is -0.783. The van der Waals surface area contributed by atoms with E-state index in [1.54, 1.807) is 0 Å². The van der Waals surface area contributed by atoms with Crippen LogP contribution in [0.2, 0.25) is 0 Å². The maximum Gasteiger partial charge on any atom is 0.326 e. The number of benzene rings is 2. The summed E-state index contributed by atoms with van der Waals surface area (Å²) in [6, 6.07) is 15.4. The Bertz CT molecular complexity index is 704. The molecule has 0 radical (unpaired) electrons. The van der Waals surface area contributed by atoms with Gasteiger partial charge in [0, 0.05) is 21.8 Å². The van der Waals surface area contributed by atoms with Crippen molar-refractivity contribution in [2.75, 3.05) is 0 Å². The standard InChI is InChI=1S/C16H15NO2/c1-2-13(16(18)19)17-14-9-5-3-7-11(14)12-8-4-6-10-15(12)17/h3-10,13H,2H2,1H3,(H,18,19). The Morgan fingerprint density at radius 2 is 1.53 bits per heavy atom. The molecule has 0 aliphatic heterocycles. The summed E-state index contributed by atoms with van der Waals surface area (Å²) >= 11 is 0. The Kier molecular flexibility index (Phi) is 2.75. The fraction of sp³-hybridized carbons (Fsp3) is 0.188. The van der Waals surface area contributed by atoms with Crippen molar-refractivity contribution in [1.29, 1.82) is 0 Å². The second kappa shape index (κ2) is 4.43. The van der Waals surface area contributed by atoms with Crippen LogP contribution >= 0.6 is 0 Å². The van der Waals surface area contributed by atoms with Crippen molar-refractivity contribution in [3.8, 4) is 0 Å². The average molecular weight is 253 g/mol. The van der Waals surface area contributed by atoms with Crippen LogP contribution in [-0.2, 0) is 4.79 Å². The number of hydrogen-bond donors (Lipinski definition) is 1. The van der Waals surface area contributed by atoms with Crippen LogP contribution < -0.4 is 0 Å². The quantitative estimate of drug-likeness (QED) is 0.770. The average Bonchev–Trinajstić information content (AvgIpc) is 2.75. The van der Waals surface area contributed by atoms with Crippen molar-refractivity contribution < 1.29 is 9.90 Å². The molecule has 0 aliphatic rings. The van der Waals surface area contributed by atoms with Gasteiger partial charge in [-0.05, 0) is 18.6 Å². The minimum atomic E-state index is -0.783. The Hall–Kier alpha value is -2.29. The van der Waals surface area contributed by atoms with Gasteiger partial charge in [-0.3, -0.25) is 0 Å². The predicted octanol–water partition coefficient (Wildman–Crippen LogP) is 3.83. The van der Waals surface area contributed by atoms with E-state index in [4.69, 9.17) is 0 Å². The fourth-order valence-electron chi connectivity index (χ4n) is 2.76. The van der Waals surface area contributed by atoms with E-state index in [0.29, 0.717) is 6.42 Å². The van der Waals surface area contributed by atoms with Crippen molar-refractivity contribution in [3.05, 3.63) is 48.5 Å². The molecule has 1 aromatic heterocycles. The highest BCUT2D eigenvalue weighted by Crippen LogP contribution is 2.32. The summed E-state index contributed by atoms with van der Waals surface area (Å²) in [5, 5.41) is 11.7. The van der Waals surface area contributed by atoms with Gasteiger partial charge in [0.1, 0.15) is 6.04 Å². The number of aliphatic carboxylic acids is 1. The van der Waals surface area contributed by atoms with Crippen LogP contribution in [0.25, 0.3) is 21.8 Å². The third-order valence-corrected chi connectivity index (χ3v) is 3.60. The lowest BCUT2D eigenvalue weighted by Gasteiger charge is -2.15. The first-order valence-corrected chi connectivity index (χ1v) is 6.44. The Balaban J connectivity index is 2.46. The number of hydrogen-bond acceptors (Lipinski definition) is 1. The number of para-hydroxylation sites is 2. The van der Waals surface area contributed by atoms with E-state index < -0.39 is 12.0 Å². The summed E-state index contributed by atoms with van der Waals surface area (Å²) in [6.45, 7) is 1.91. The maximum atomic E-state index is 11.5. The molecule has 0 saturated carbocycles. The second-order valence-electron chi connectivity index (χ2n) is 4.67. The summed E-state index contributed by atoms with van der Waals surface area (Å²) in [5.41, 5.74) is 1.97. The summed E-state index contributed by atoms with van der Waals surface area (Å²) in [6.07, 6.45) is 0.567. The fourth-order valence-corrected chi connectivity index (χ4v) is 2.76. The van der Waals surface area contributed by atoms with E-state index >= 15 is 0 Å². The van der Waals surface area contributed by atoms with Crippen molar-refractivity contribution in [2.45, 2.75) is 19.4 Å². The van der Waals surface area contributed by atoms with Crippen LogP contribution in [0.3, 0.4) is 0 Å². The van der Waals surface area contributed by atoms with Crippen LogP contribution in [0.4, 0.5) is 0 Å². The largest absolute Gasteiger partial charge is 0.480 e. The molecule has 1 N–H and O–H groups in total. The first-order valence-electron chi connectivity index (χ1n) is 6.44. The van der Waals surface area contributed by atoms with Gasteiger partial charge < -0.3 is 9.67 Å². The Morgan fingerprint density at radius 3 is 1.95 bits per heavy atom. The van der Waals surface area contributed by atoms with Crippen LogP contribution in [0.5, 0.6) is 0 Å². The first kappa shape index (κ1) is 11.8. The van der Waals surface area contributed by atoms with Crippen molar-refractivity contribution in [3.63, 3.8) is 0 Å². The van der Waals surface area contributed by atoms with Crippen molar-refractivity contribution >= 4 is 27.8 Å². The number of nitrogens with zero attached hydrogens (tertiary/aromatic N) is 1. The molecule has 0 amide bonds. The highest BCUT2D eigenvalue weighted by molar-refractivity contribution is 6.08. The number of fused-ring (bicyclic) bond motifs is 3. The van der Waals surface area contributed by atoms with Crippen LogP contribution in [-0.4, -0.2) is 15.6 Å². The molecule has 1 heterocycles. The number of carboxylic acid groups (broad SMARTS) is 1. The zero-order valence-corrected chi connectivity index (χ0v) is 10.7. The summed E-state index contributed by atoms with van der Waals surface area (Å²) in [7, 11) is 0. The number of rotatable bonds is 3. The van der Waals surface area contributed by atoms with Crippen molar-refractivity contribution in [2.24, 2.45) is 0 Å². The van der Waals surface area contributed by atoms with Gasteiger partial charge in [-0.15, -0.1) is 0 Å². The Labute approximate surface area is 111 Å². The van der Waals surface area contributed by atoms with Gasteiger partial charge in [-0.2, -0.15) is 0 Å². The molecule has 0 fully saturated rings. The third kappa shape index (κ3) is 1.70. The predicted molar refractivity (Wildman–Crippen MR) is 76.4 cm³/mol. The lowest BCUT2D eigenvalue weighted by atomic mass is 10.2. The Morgan fingerprint density at radius 1 is 1.05 bits per heavy atom.